The van der Waals surface area contributed by atoms with E-state index in [1.807, 2.05) is 31.2 Å². The Bertz CT molecular complexity index is 1150. The molecule has 1 aliphatic rings. The number of nitrogens with one attached hydrogen (secondary N) is 2. The van der Waals surface area contributed by atoms with Gasteiger partial charge in [0.15, 0.2) is 11.5 Å². The lowest BCUT2D eigenvalue weighted by molar-refractivity contribution is 0.0959. The Hall–Kier alpha value is -3.39. The predicted molar refractivity (Wildman–Crippen MR) is 114 cm³/mol. The smallest absolute Gasteiger partial charge is 0.273 e. The van der Waals surface area contributed by atoms with Gasteiger partial charge in [0.25, 0.3) is 5.91 Å². The van der Waals surface area contributed by atoms with E-state index in [2.05, 4.69) is 20.6 Å². The summed E-state index contributed by atoms with van der Waals surface area (Å²) in [5.74, 6) is -1.14. The highest BCUT2D eigenvalue weighted by atomic mass is 19.1. The van der Waals surface area contributed by atoms with Crippen molar-refractivity contribution in [3.05, 3.63) is 76.6 Å². The molecule has 6 nitrogen and oxygen atoms in total. The van der Waals surface area contributed by atoms with Crippen LogP contribution in [0.1, 0.15) is 52.5 Å². The van der Waals surface area contributed by atoms with Crippen LogP contribution in [0.25, 0.3) is 11.3 Å². The number of hydrogen-bond acceptors (Lipinski definition) is 5. The summed E-state index contributed by atoms with van der Waals surface area (Å²) in [6.07, 6.45) is 2.15. The summed E-state index contributed by atoms with van der Waals surface area (Å²) in [5, 5.41) is 5.85. The lowest BCUT2D eigenvalue weighted by Gasteiger charge is -2.15. The predicted octanol–water partition coefficient (Wildman–Crippen LogP) is 3.70. The van der Waals surface area contributed by atoms with E-state index in [0.717, 1.165) is 11.1 Å². The lowest BCUT2D eigenvalue weighted by Crippen LogP contribution is -2.21. The minimum Gasteiger partial charge on any atom is -0.382 e. The zero-order chi connectivity index (χ0) is 22.1. The van der Waals surface area contributed by atoms with Crippen molar-refractivity contribution in [3.8, 4) is 11.3 Å². The normalized spacial score (nSPS) is 17.4. The van der Waals surface area contributed by atoms with E-state index in [1.165, 1.54) is 25.4 Å². The largest absolute Gasteiger partial charge is 0.382 e. The summed E-state index contributed by atoms with van der Waals surface area (Å²) >= 11 is 0. The van der Waals surface area contributed by atoms with Crippen LogP contribution in [0.2, 0.25) is 0 Å². The van der Waals surface area contributed by atoms with Gasteiger partial charge in [-0.15, -0.1) is 0 Å². The molecule has 1 amide bonds. The first-order valence-electron chi connectivity index (χ1n) is 10.0. The minimum atomic E-state index is -0.409. The summed E-state index contributed by atoms with van der Waals surface area (Å²) in [4.78, 5) is 20.4. The molecular weight excluding hydrogens is 400 g/mol. The minimum absolute atomic E-state index is 0.0530. The molecule has 160 valence electrons. The van der Waals surface area contributed by atoms with Crippen molar-refractivity contribution in [2.45, 2.75) is 31.8 Å². The van der Waals surface area contributed by atoms with Gasteiger partial charge in [0.2, 0.25) is 0 Å². The molecule has 1 aromatic heterocycles. The molecule has 0 bridgehead atoms. The Balaban J connectivity index is 1.55. The molecule has 2 atom stereocenters. The molecule has 0 saturated carbocycles. The van der Waals surface area contributed by atoms with Crippen LogP contribution in [-0.4, -0.2) is 22.9 Å². The first-order valence-corrected chi connectivity index (χ1v) is 10.0. The van der Waals surface area contributed by atoms with Crippen molar-refractivity contribution in [1.82, 2.24) is 20.6 Å². The van der Waals surface area contributed by atoms with Crippen molar-refractivity contribution in [3.63, 3.8) is 0 Å². The fourth-order valence-electron chi connectivity index (χ4n) is 4.12. The number of carbonyl (C=O) groups is 1. The molecule has 0 radical (unpaired) electrons. The van der Waals surface area contributed by atoms with Crippen LogP contribution in [0.3, 0.4) is 0 Å². The van der Waals surface area contributed by atoms with Crippen LogP contribution in [0.15, 0.2) is 42.6 Å². The van der Waals surface area contributed by atoms with Gasteiger partial charge in [-0.1, -0.05) is 25.1 Å². The zero-order valence-corrected chi connectivity index (χ0v) is 17.2. The molecule has 0 fully saturated rings. The van der Waals surface area contributed by atoms with Gasteiger partial charge in [0, 0.05) is 30.8 Å². The molecular formula is C23H23F2N5O. The molecule has 0 aliphatic heterocycles. The number of halogens is 2. The third-order valence-corrected chi connectivity index (χ3v) is 5.63. The second-order valence-corrected chi connectivity index (χ2v) is 7.70. The van der Waals surface area contributed by atoms with E-state index in [1.54, 1.807) is 0 Å². The molecule has 2 aromatic carbocycles. The monoisotopic (exact) mass is 423 g/mol. The van der Waals surface area contributed by atoms with Crippen LogP contribution in [0, 0.1) is 11.6 Å². The van der Waals surface area contributed by atoms with E-state index in [0.29, 0.717) is 29.8 Å². The average Bonchev–Trinajstić information content (AvgIpc) is 3.12. The number of rotatable bonds is 5. The Labute approximate surface area is 178 Å². The molecule has 3 aromatic rings. The number of anilines is 1. The maximum absolute atomic E-state index is 14.4. The fourth-order valence-corrected chi connectivity index (χ4v) is 4.12. The molecule has 0 saturated heterocycles. The van der Waals surface area contributed by atoms with Crippen LogP contribution in [-0.2, 0) is 6.54 Å². The molecule has 31 heavy (non-hydrogen) atoms. The van der Waals surface area contributed by atoms with Gasteiger partial charge >= 0.3 is 0 Å². The SMILES string of the molecule is CNC(=O)c1nc(-c2cccc(CNC3CC(C)c4c(F)ccc(F)c43)c2)cnc1N. The molecule has 4 N–H and O–H groups in total. The van der Waals surface area contributed by atoms with Gasteiger partial charge in [-0.2, -0.15) is 0 Å². The number of carbonyl (C=O) groups excluding carboxylic acids is 1. The van der Waals surface area contributed by atoms with Gasteiger partial charge in [-0.3, -0.25) is 4.79 Å². The zero-order valence-electron chi connectivity index (χ0n) is 17.2. The molecule has 2 unspecified atom stereocenters. The Kier molecular flexibility index (Phi) is 5.65. The van der Waals surface area contributed by atoms with Gasteiger partial charge in [0.1, 0.15) is 11.6 Å². The van der Waals surface area contributed by atoms with E-state index in [4.69, 9.17) is 5.73 Å². The quantitative estimate of drug-likeness (QED) is 0.582. The van der Waals surface area contributed by atoms with Gasteiger partial charge in [-0.25, -0.2) is 18.7 Å². The van der Waals surface area contributed by atoms with E-state index < -0.39 is 5.91 Å². The van der Waals surface area contributed by atoms with Crippen molar-refractivity contribution in [2.24, 2.45) is 0 Å². The maximum Gasteiger partial charge on any atom is 0.273 e. The second kappa shape index (κ2) is 8.39. The summed E-state index contributed by atoms with van der Waals surface area (Å²) < 4.78 is 28.6. The van der Waals surface area contributed by atoms with Gasteiger partial charge in [0.05, 0.1) is 11.9 Å². The first-order chi connectivity index (χ1) is 14.9. The van der Waals surface area contributed by atoms with Crippen molar-refractivity contribution >= 4 is 11.7 Å². The number of nitrogens with two attached hydrogens (primary N) is 1. The van der Waals surface area contributed by atoms with E-state index in [-0.39, 0.29) is 35.1 Å². The summed E-state index contributed by atoms with van der Waals surface area (Å²) in [6.45, 7) is 2.37. The van der Waals surface area contributed by atoms with Crippen molar-refractivity contribution in [2.75, 3.05) is 12.8 Å². The fraction of sp³-hybridized carbons (Fsp3) is 0.261. The summed E-state index contributed by atoms with van der Waals surface area (Å²) in [5.41, 5.74) is 8.94. The molecule has 1 aliphatic carbocycles. The molecule has 0 spiro atoms. The highest BCUT2D eigenvalue weighted by Gasteiger charge is 2.33. The van der Waals surface area contributed by atoms with E-state index >= 15 is 0 Å². The summed E-state index contributed by atoms with van der Waals surface area (Å²) in [6, 6.07) is 9.70. The molecule has 4 rings (SSSR count). The highest BCUT2D eigenvalue weighted by molar-refractivity contribution is 5.96. The highest BCUT2D eigenvalue weighted by Crippen LogP contribution is 2.42. The number of hydrogen-bond donors (Lipinski definition) is 3. The topological polar surface area (TPSA) is 92.9 Å². The average molecular weight is 423 g/mol. The van der Waals surface area contributed by atoms with Crippen LogP contribution >= 0.6 is 0 Å². The third kappa shape index (κ3) is 3.98. The number of benzene rings is 2. The second-order valence-electron chi connectivity index (χ2n) is 7.70. The van der Waals surface area contributed by atoms with Crippen LogP contribution in [0.4, 0.5) is 14.6 Å². The van der Waals surface area contributed by atoms with Crippen molar-refractivity contribution in [1.29, 1.82) is 0 Å². The van der Waals surface area contributed by atoms with Gasteiger partial charge in [-0.05, 0) is 41.7 Å². The molecule has 8 heteroatoms. The van der Waals surface area contributed by atoms with Crippen molar-refractivity contribution < 1.29 is 13.6 Å². The molecule has 1 heterocycles. The van der Waals surface area contributed by atoms with Gasteiger partial charge < -0.3 is 16.4 Å². The number of nitrogens with zero attached hydrogens (tertiary/aromatic N) is 2. The number of nitrogen functional groups attached to an aromatic ring is 1. The Morgan fingerprint density at radius 1 is 1.19 bits per heavy atom. The summed E-state index contributed by atoms with van der Waals surface area (Å²) in [7, 11) is 1.50. The standard InChI is InChI=1S/C23H23F2N5O/c1-12-8-17(20-16(25)7-6-15(24)19(12)20)28-10-13-4-3-5-14(9-13)18-11-29-22(26)21(30-18)23(31)27-2/h3-7,9,11-12,17,28H,8,10H2,1-2H3,(H2,26,29)(H,27,31). The number of fused-ring (bicyclic) bond motifs is 1. The first kappa shape index (κ1) is 20.9. The Morgan fingerprint density at radius 3 is 2.68 bits per heavy atom. The lowest BCUT2D eigenvalue weighted by atomic mass is 10.0. The van der Waals surface area contributed by atoms with Crippen LogP contribution < -0.4 is 16.4 Å². The van der Waals surface area contributed by atoms with E-state index in [9.17, 15) is 13.6 Å². The Morgan fingerprint density at radius 2 is 1.94 bits per heavy atom. The van der Waals surface area contributed by atoms with Crippen LogP contribution in [0.5, 0.6) is 0 Å². The maximum atomic E-state index is 14.4. The number of amides is 1. The number of aromatic nitrogens is 2. The third-order valence-electron chi connectivity index (χ3n) is 5.63.